The molecule has 0 saturated carbocycles. The van der Waals surface area contributed by atoms with Crippen molar-refractivity contribution in [1.29, 1.82) is 0 Å². The molecular weight excluding hydrogens is 501 g/mol. The Hall–Kier alpha value is -1.85. The number of hydrogen-bond acceptors (Lipinski definition) is 7. The summed E-state index contributed by atoms with van der Waals surface area (Å²) < 4.78 is 27.8. The fraction of sp³-hybridized carbons (Fsp3) is 0.480. The van der Waals surface area contributed by atoms with Crippen molar-refractivity contribution in [2.75, 3.05) is 31.0 Å². The number of aliphatic hydroxyl groups is 1. The molecule has 0 saturated heterocycles. The van der Waals surface area contributed by atoms with Crippen molar-refractivity contribution in [1.82, 2.24) is 10.3 Å². The molecule has 1 aromatic carbocycles. The lowest BCUT2D eigenvalue weighted by Gasteiger charge is -2.19. The first-order valence-electron chi connectivity index (χ1n) is 12.1. The Balaban J connectivity index is 1.42. The fourth-order valence-corrected chi connectivity index (χ4v) is 7.85. The highest BCUT2D eigenvalue weighted by Crippen LogP contribution is 2.34. The first kappa shape index (κ1) is 26.2. The SMILES string of the molecule is CCC[C@@H](CCCO)NCCC1CN=C(c2cc3cccc(N(C)S(=O)(=O)c4cccs4)c3[nH]2)S1. The fourth-order valence-electron chi connectivity index (χ4n) is 4.39. The smallest absolute Gasteiger partial charge is 0.273 e. The van der Waals surface area contributed by atoms with E-state index in [4.69, 9.17) is 10.1 Å². The number of para-hydroxylation sites is 1. The van der Waals surface area contributed by atoms with Gasteiger partial charge in [-0.15, -0.1) is 11.3 Å². The number of aliphatic hydroxyl groups excluding tert-OH is 1. The van der Waals surface area contributed by atoms with E-state index in [9.17, 15) is 8.42 Å². The number of benzene rings is 1. The van der Waals surface area contributed by atoms with Crippen molar-refractivity contribution >= 4 is 54.8 Å². The highest BCUT2D eigenvalue weighted by molar-refractivity contribution is 8.15. The van der Waals surface area contributed by atoms with Gasteiger partial charge in [0, 0.05) is 30.3 Å². The number of thioether (sulfide) groups is 1. The van der Waals surface area contributed by atoms with Crippen molar-refractivity contribution in [3.8, 4) is 0 Å². The first-order chi connectivity index (χ1) is 16.9. The molecule has 0 aliphatic carbocycles. The summed E-state index contributed by atoms with van der Waals surface area (Å²) in [6.07, 6.45) is 5.16. The zero-order valence-corrected chi connectivity index (χ0v) is 22.7. The van der Waals surface area contributed by atoms with Gasteiger partial charge in [-0.25, -0.2) is 8.42 Å². The van der Waals surface area contributed by atoms with E-state index in [-0.39, 0.29) is 6.61 Å². The van der Waals surface area contributed by atoms with Gasteiger partial charge < -0.3 is 15.4 Å². The van der Waals surface area contributed by atoms with Gasteiger partial charge in [-0.05, 0) is 55.8 Å². The summed E-state index contributed by atoms with van der Waals surface area (Å²) in [5.74, 6) is 0. The van der Waals surface area contributed by atoms with E-state index in [2.05, 4.69) is 23.3 Å². The third kappa shape index (κ3) is 6.11. The van der Waals surface area contributed by atoms with Gasteiger partial charge in [-0.1, -0.05) is 43.3 Å². The normalized spacial score (nSPS) is 17.1. The minimum absolute atomic E-state index is 0.250. The van der Waals surface area contributed by atoms with E-state index in [1.165, 1.54) is 15.6 Å². The van der Waals surface area contributed by atoms with E-state index in [1.807, 2.05) is 18.2 Å². The molecular formula is C25H34N4O3S3. The summed E-state index contributed by atoms with van der Waals surface area (Å²) in [7, 11) is -2.01. The summed E-state index contributed by atoms with van der Waals surface area (Å²) in [6.45, 7) is 4.17. The van der Waals surface area contributed by atoms with Gasteiger partial charge in [-0.3, -0.25) is 9.30 Å². The Kier molecular flexibility index (Phi) is 8.93. The molecule has 0 amide bonds. The van der Waals surface area contributed by atoms with Gasteiger partial charge >= 0.3 is 0 Å². The van der Waals surface area contributed by atoms with Crippen LogP contribution in [0.5, 0.6) is 0 Å². The summed E-state index contributed by atoms with van der Waals surface area (Å²) in [5, 5.41) is 16.9. The van der Waals surface area contributed by atoms with Crippen LogP contribution in [0.1, 0.15) is 44.7 Å². The molecule has 0 bridgehead atoms. The molecule has 7 nitrogen and oxygen atoms in total. The number of sulfonamides is 1. The molecule has 3 aromatic rings. The predicted octanol–water partition coefficient (Wildman–Crippen LogP) is 4.84. The summed E-state index contributed by atoms with van der Waals surface area (Å²) >= 11 is 3.01. The molecule has 1 aliphatic rings. The Labute approximate surface area is 216 Å². The maximum absolute atomic E-state index is 13.1. The Bertz CT molecular complexity index is 1240. The standard InChI is InChI=1S/C25H34N4O3S3/c1-3-7-19(9-5-14-30)26-13-12-20-17-27-25(34-20)21-16-18-8-4-10-22(24(18)28-21)29(2)35(31,32)23-11-6-15-33-23/h4,6,8,10-11,15-16,19-20,26,28,30H,3,5,7,9,12-14,17H2,1-2H3/t19-,20?/m0/s1. The number of aromatic amines is 1. The average Bonchev–Trinajstić information content (AvgIpc) is 3.62. The molecule has 0 fully saturated rings. The number of H-pyrrole nitrogens is 1. The Morgan fingerprint density at radius 2 is 2.14 bits per heavy atom. The number of nitrogens with zero attached hydrogens (tertiary/aromatic N) is 2. The van der Waals surface area contributed by atoms with Crippen molar-refractivity contribution in [2.24, 2.45) is 4.99 Å². The topological polar surface area (TPSA) is 97.8 Å². The van der Waals surface area contributed by atoms with Crippen LogP contribution in [0.3, 0.4) is 0 Å². The molecule has 10 heteroatoms. The quantitative estimate of drug-likeness (QED) is 0.292. The lowest BCUT2D eigenvalue weighted by Crippen LogP contribution is -2.31. The lowest BCUT2D eigenvalue weighted by atomic mass is 10.1. The first-order valence-corrected chi connectivity index (χ1v) is 15.3. The molecule has 35 heavy (non-hydrogen) atoms. The molecule has 1 unspecified atom stereocenters. The van der Waals surface area contributed by atoms with Crippen LogP contribution >= 0.6 is 23.1 Å². The van der Waals surface area contributed by atoms with Gasteiger partial charge in [0.1, 0.15) is 9.25 Å². The second-order valence-electron chi connectivity index (χ2n) is 8.81. The number of aromatic nitrogens is 1. The largest absolute Gasteiger partial charge is 0.396 e. The third-order valence-corrected chi connectivity index (χ3v) is 10.7. The van der Waals surface area contributed by atoms with Crippen molar-refractivity contribution < 1.29 is 13.5 Å². The van der Waals surface area contributed by atoms with E-state index in [0.717, 1.165) is 66.8 Å². The zero-order chi connectivity index (χ0) is 24.8. The van der Waals surface area contributed by atoms with E-state index < -0.39 is 10.0 Å². The molecule has 3 heterocycles. The van der Waals surface area contributed by atoms with Crippen LogP contribution < -0.4 is 9.62 Å². The van der Waals surface area contributed by atoms with Crippen LogP contribution in [0, 0.1) is 0 Å². The summed E-state index contributed by atoms with van der Waals surface area (Å²) in [4.78, 5) is 8.23. The molecule has 2 aromatic heterocycles. The van der Waals surface area contributed by atoms with Gasteiger partial charge in [0.2, 0.25) is 0 Å². The highest BCUT2D eigenvalue weighted by atomic mass is 32.2. The highest BCUT2D eigenvalue weighted by Gasteiger charge is 2.26. The van der Waals surface area contributed by atoms with E-state index >= 15 is 0 Å². The lowest BCUT2D eigenvalue weighted by molar-refractivity contribution is 0.272. The van der Waals surface area contributed by atoms with Crippen molar-refractivity contribution in [3.05, 3.63) is 47.5 Å². The van der Waals surface area contributed by atoms with Crippen LogP contribution in [0.15, 0.2) is 51.0 Å². The van der Waals surface area contributed by atoms with Crippen LogP contribution in [0.25, 0.3) is 10.9 Å². The van der Waals surface area contributed by atoms with Crippen LogP contribution in [0.4, 0.5) is 5.69 Å². The number of rotatable bonds is 13. The average molecular weight is 535 g/mol. The minimum Gasteiger partial charge on any atom is -0.396 e. The second-order valence-corrected chi connectivity index (χ2v) is 13.2. The Morgan fingerprint density at radius 3 is 2.89 bits per heavy atom. The molecule has 3 N–H and O–H groups in total. The number of nitrogens with one attached hydrogen (secondary N) is 2. The number of thiophene rings is 1. The van der Waals surface area contributed by atoms with Gasteiger partial charge in [0.15, 0.2) is 0 Å². The number of aliphatic imine (C=N–C) groups is 1. The maximum atomic E-state index is 13.1. The number of anilines is 1. The van der Waals surface area contributed by atoms with Gasteiger partial charge in [-0.2, -0.15) is 0 Å². The third-order valence-electron chi connectivity index (χ3n) is 6.28. The van der Waals surface area contributed by atoms with E-state index in [1.54, 1.807) is 36.3 Å². The van der Waals surface area contributed by atoms with Crippen molar-refractivity contribution in [2.45, 2.75) is 54.5 Å². The minimum atomic E-state index is -3.61. The molecule has 4 rings (SSSR count). The Morgan fingerprint density at radius 1 is 1.29 bits per heavy atom. The van der Waals surface area contributed by atoms with Gasteiger partial charge in [0.25, 0.3) is 10.0 Å². The molecule has 2 atom stereocenters. The monoisotopic (exact) mass is 534 g/mol. The van der Waals surface area contributed by atoms with E-state index in [0.29, 0.717) is 21.2 Å². The molecule has 190 valence electrons. The maximum Gasteiger partial charge on any atom is 0.273 e. The molecule has 0 radical (unpaired) electrons. The predicted molar refractivity (Wildman–Crippen MR) is 149 cm³/mol. The van der Waals surface area contributed by atoms with Crippen molar-refractivity contribution in [3.63, 3.8) is 0 Å². The number of hydrogen-bond donors (Lipinski definition) is 3. The van der Waals surface area contributed by atoms with Gasteiger partial charge in [0.05, 0.1) is 23.4 Å². The van der Waals surface area contributed by atoms with Crippen LogP contribution in [0.2, 0.25) is 0 Å². The summed E-state index contributed by atoms with van der Waals surface area (Å²) in [6, 6.07) is 11.6. The van der Waals surface area contributed by atoms with Crippen LogP contribution in [-0.4, -0.2) is 61.6 Å². The number of fused-ring (bicyclic) bond motifs is 1. The molecule has 1 aliphatic heterocycles. The zero-order valence-electron chi connectivity index (χ0n) is 20.2. The molecule has 0 spiro atoms. The van der Waals surface area contributed by atoms with Crippen LogP contribution in [-0.2, 0) is 10.0 Å². The summed E-state index contributed by atoms with van der Waals surface area (Å²) in [5.41, 5.74) is 2.35. The second kappa shape index (κ2) is 11.9.